The Morgan fingerprint density at radius 1 is 1.37 bits per heavy atom. The maximum Gasteiger partial charge on any atom is 0.312 e. The van der Waals surface area contributed by atoms with E-state index in [1.54, 1.807) is 6.92 Å². The molecule has 3 heterocycles. The van der Waals surface area contributed by atoms with Gasteiger partial charge in [0.1, 0.15) is 11.6 Å². The van der Waals surface area contributed by atoms with E-state index in [1.807, 2.05) is 6.92 Å². The van der Waals surface area contributed by atoms with E-state index in [2.05, 4.69) is 5.32 Å². The summed E-state index contributed by atoms with van der Waals surface area (Å²) >= 11 is 0. The lowest BCUT2D eigenvalue weighted by Crippen LogP contribution is -2.55. The first-order valence-corrected chi connectivity index (χ1v) is 10.0. The highest BCUT2D eigenvalue weighted by Crippen LogP contribution is 2.58. The first-order chi connectivity index (χ1) is 13.0. The molecular weight excluding hydrogens is 352 g/mol. The Morgan fingerprint density at radius 2 is 2.15 bits per heavy atom. The topological polar surface area (TPSA) is 105 Å². The van der Waals surface area contributed by atoms with E-state index in [9.17, 15) is 19.5 Å². The van der Waals surface area contributed by atoms with Crippen LogP contribution >= 0.6 is 0 Å². The van der Waals surface area contributed by atoms with Gasteiger partial charge in [-0.25, -0.2) is 0 Å². The van der Waals surface area contributed by atoms with Crippen LogP contribution in [-0.4, -0.2) is 71.8 Å². The molecule has 3 aliphatic rings. The normalized spacial score (nSPS) is 34.0. The molecule has 2 amide bonds. The summed E-state index contributed by atoms with van der Waals surface area (Å²) in [4.78, 5) is 40.2. The molecule has 0 aliphatic carbocycles. The van der Waals surface area contributed by atoms with Gasteiger partial charge in [0.05, 0.1) is 24.5 Å². The van der Waals surface area contributed by atoms with Gasteiger partial charge in [0, 0.05) is 19.7 Å². The summed E-state index contributed by atoms with van der Waals surface area (Å²) in [6.45, 7) is 4.75. The van der Waals surface area contributed by atoms with Crippen molar-refractivity contribution >= 4 is 17.8 Å². The number of hydrogen-bond acceptors (Lipinski definition) is 6. The lowest BCUT2D eigenvalue weighted by Gasteiger charge is -2.33. The van der Waals surface area contributed by atoms with Gasteiger partial charge in [-0.15, -0.1) is 0 Å². The second-order valence-corrected chi connectivity index (χ2v) is 7.56. The van der Waals surface area contributed by atoms with Crippen LogP contribution < -0.4 is 5.32 Å². The van der Waals surface area contributed by atoms with E-state index in [0.717, 1.165) is 12.8 Å². The van der Waals surface area contributed by atoms with Gasteiger partial charge in [-0.2, -0.15) is 0 Å². The standard InChI is InChI=1S/C19H30N2O6/c1-3-5-9-20-16(23)15-19-8-7-12(27-19)13(18(25)26-4-2)14(19)17(24)21(15)10-6-11-22/h12-15,22H,3-11H2,1-2H3,(H,20,23)/t12-,13+,14+,15?,19?/m1/s1. The molecule has 5 atom stereocenters. The van der Waals surface area contributed by atoms with Crippen molar-refractivity contribution < 1.29 is 29.0 Å². The molecule has 2 N–H and O–H groups in total. The molecular formula is C19H30N2O6. The second kappa shape index (κ2) is 8.14. The predicted octanol–water partition coefficient (Wildman–Crippen LogP) is 0.223. The van der Waals surface area contributed by atoms with Crippen molar-refractivity contribution in [2.75, 3.05) is 26.3 Å². The number of nitrogens with zero attached hydrogens (tertiary/aromatic N) is 1. The summed E-state index contributed by atoms with van der Waals surface area (Å²) in [7, 11) is 0. The summed E-state index contributed by atoms with van der Waals surface area (Å²) in [6.07, 6.45) is 3.03. The molecule has 1 spiro atoms. The summed E-state index contributed by atoms with van der Waals surface area (Å²) in [5.41, 5.74) is -0.967. The molecule has 3 rings (SSSR count). The third-order valence-corrected chi connectivity index (χ3v) is 5.99. The van der Waals surface area contributed by atoms with E-state index >= 15 is 0 Å². The lowest BCUT2D eigenvalue weighted by atomic mass is 9.71. The predicted molar refractivity (Wildman–Crippen MR) is 95.6 cm³/mol. The van der Waals surface area contributed by atoms with Gasteiger partial charge < -0.3 is 24.8 Å². The number of unbranched alkanes of at least 4 members (excludes halogenated alkanes) is 1. The molecule has 0 aromatic heterocycles. The molecule has 2 unspecified atom stereocenters. The molecule has 152 valence electrons. The molecule has 3 saturated heterocycles. The molecule has 8 heteroatoms. The van der Waals surface area contributed by atoms with Crippen molar-refractivity contribution in [3.05, 3.63) is 0 Å². The number of aliphatic hydroxyl groups excluding tert-OH is 1. The highest BCUT2D eigenvalue weighted by atomic mass is 16.6. The first kappa shape index (κ1) is 20.1. The van der Waals surface area contributed by atoms with Gasteiger partial charge in [0.15, 0.2) is 0 Å². The molecule has 0 aromatic rings. The Balaban J connectivity index is 1.90. The molecule has 3 fully saturated rings. The first-order valence-electron chi connectivity index (χ1n) is 10.0. The fourth-order valence-corrected chi connectivity index (χ4v) is 4.93. The monoisotopic (exact) mass is 382 g/mol. The number of fused-ring (bicyclic) bond motifs is 1. The zero-order valence-corrected chi connectivity index (χ0v) is 16.1. The number of esters is 1. The molecule has 0 aromatic carbocycles. The average Bonchev–Trinajstić information content (AvgIpc) is 3.28. The quantitative estimate of drug-likeness (QED) is 0.437. The van der Waals surface area contributed by atoms with Crippen LogP contribution in [0.15, 0.2) is 0 Å². The molecule has 2 bridgehead atoms. The van der Waals surface area contributed by atoms with Crippen LogP contribution in [0.1, 0.15) is 46.0 Å². The Labute approximate surface area is 159 Å². The zero-order valence-electron chi connectivity index (χ0n) is 16.1. The van der Waals surface area contributed by atoms with Crippen molar-refractivity contribution in [2.45, 2.75) is 63.7 Å². The largest absolute Gasteiger partial charge is 0.466 e. The van der Waals surface area contributed by atoms with E-state index in [0.29, 0.717) is 25.8 Å². The number of carbonyl (C=O) groups is 3. The van der Waals surface area contributed by atoms with Crippen LogP contribution in [-0.2, 0) is 23.9 Å². The fourth-order valence-electron chi connectivity index (χ4n) is 4.93. The summed E-state index contributed by atoms with van der Waals surface area (Å²) in [5, 5.41) is 12.1. The molecule has 0 radical (unpaired) electrons. The van der Waals surface area contributed by atoms with Gasteiger partial charge in [0.2, 0.25) is 11.8 Å². The number of likely N-dealkylation sites (tertiary alicyclic amines) is 1. The maximum absolute atomic E-state index is 13.2. The van der Waals surface area contributed by atoms with Gasteiger partial charge in [-0.05, 0) is 32.6 Å². The van der Waals surface area contributed by atoms with Crippen LogP contribution in [0.2, 0.25) is 0 Å². The minimum absolute atomic E-state index is 0.0730. The van der Waals surface area contributed by atoms with E-state index in [1.165, 1.54) is 4.90 Å². The van der Waals surface area contributed by atoms with Gasteiger partial charge >= 0.3 is 5.97 Å². The Kier molecular flexibility index (Phi) is 6.05. The Morgan fingerprint density at radius 3 is 2.81 bits per heavy atom. The van der Waals surface area contributed by atoms with Gasteiger partial charge in [-0.1, -0.05) is 13.3 Å². The number of hydrogen-bond donors (Lipinski definition) is 2. The highest BCUT2D eigenvalue weighted by Gasteiger charge is 2.74. The average molecular weight is 382 g/mol. The Hall–Kier alpha value is -1.67. The summed E-state index contributed by atoms with van der Waals surface area (Å²) in [6, 6.07) is -0.761. The summed E-state index contributed by atoms with van der Waals surface area (Å²) < 4.78 is 11.4. The van der Waals surface area contributed by atoms with E-state index in [4.69, 9.17) is 9.47 Å². The number of ether oxygens (including phenoxy) is 2. The van der Waals surface area contributed by atoms with Crippen LogP contribution in [0.3, 0.4) is 0 Å². The molecule has 27 heavy (non-hydrogen) atoms. The highest BCUT2D eigenvalue weighted by molar-refractivity contribution is 5.98. The van der Waals surface area contributed by atoms with Crippen LogP contribution in [0.5, 0.6) is 0 Å². The minimum Gasteiger partial charge on any atom is -0.466 e. The van der Waals surface area contributed by atoms with Crippen LogP contribution in [0, 0.1) is 11.8 Å². The zero-order chi connectivity index (χ0) is 19.6. The number of carbonyl (C=O) groups excluding carboxylic acids is 3. The second-order valence-electron chi connectivity index (χ2n) is 7.56. The lowest BCUT2D eigenvalue weighted by molar-refractivity contribution is -0.154. The number of aliphatic hydroxyl groups is 1. The van der Waals surface area contributed by atoms with Crippen molar-refractivity contribution in [2.24, 2.45) is 11.8 Å². The van der Waals surface area contributed by atoms with Crippen molar-refractivity contribution in [1.82, 2.24) is 10.2 Å². The minimum atomic E-state index is -0.967. The van der Waals surface area contributed by atoms with Gasteiger partial charge in [-0.3, -0.25) is 14.4 Å². The molecule has 3 aliphatic heterocycles. The third-order valence-electron chi connectivity index (χ3n) is 5.99. The van der Waals surface area contributed by atoms with Gasteiger partial charge in [0.25, 0.3) is 0 Å². The molecule has 8 nitrogen and oxygen atoms in total. The van der Waals surface area contributed by atoms with Crippen molar-refractivity contribution in [3.8, 4) is 0 Å². The summed E-state index contributed by atoms with van der Waals surface area (Å²) in [5.74, 6) is -2.23. The maximum atomic E-state index is 13.2. The fraction of sp³-hybridized carbons (Fsp3) is 0.842. The number of nitrogens with one attached hydrogen (secondary N) is 1. The Bertz CT molecular complexity index is 597. The van der Waals surface area contributed by atoms with Crippen LogP contribution in [0.25, 0.3) is 0 Å². The third kappa shape index (κ3) is 3.23. The smallest absolute Gasteiger partial charge is 0.312 e. The van der Waals surface area contributed by atoms with Crippen molar-refractivity contribution in [1.29, 1.82) is 0 Å². The molecule has 0 saturated carbocycles. The van der Waals surface area contributed by atoms with Crippen LogP contribution in [0.4, 0.5) is 0 Å². The number of amides is 2. The van der Waals surface area contributed by atoms with E-state index < -0.39 is 29.4 Å². The number of rotatable bonds is 9. The SMILES string of the molecule is CCCCNC(=O)C1N(CCCO)C(=O)[C@@H]2[C@@H](C(=O)OCC)[C@H]3CCC12O3. The van der Waals surface area contributed by atoms with E-state index in [-0.39, 0.29) is 37.7 Å². The van der Waals surface area contributed by atoms with Crippen molar-refractivity contribution in [3.63, 3.8) is 0 Å².